The first-order chi connectivity index (χ1) is 14.0. The number of nitrogens with zero attached hydrogens (tertiary/aromatic N) is 2. The van der Waals surface area contributed by atoms with Gasteiger partial charge in [0.1, 0.15) is 11.4 Å². The Labute approximate surface area is 167 Å². The van der Waals surface area contributed by atoms with Gasteiger partial charge in [-0.2, -0.15) is 0 Å². The summed E-state index contributed by atoms with van der Waals surface area (Å²) in [5.41, 5.74) is 1.10. The van der Waals surface area contributed by atoms with E-state index in [-0.39, 0.29) is 30.5 Å². The monoisotopic (exact) mass is 398 g/mol. The number of ether oxygens (including phenoxy) is 1. The third-order valence-corrected chi connectivity index (χ3v) is 4.72. The minimum absolute atomic E-state index is 0.0182. The van der Waals surface area contributed by atoms with Gasteiger partial charge in [0.25, 0.3) is 5.69 Å². The van der Waals surface area contributed by atoms with E-state index in [9.17, 15) is 19.7 Å². The normalized spacial score (nSPS) is 15.8. The van der Waals surface area contributed by atoms with Gasteiger partial charge < -0.3 is 20.3 Å². The summed E-state index contributed by atoms with van der Waals surface area (Å²) >= 11 is 0. The number of nitrogens with one attached hydrogen (secondary N) is 2. The Morgan fingerprint density at radius 1 is 1.21 bits per heavy atom. The van der Waals surface area contributed by atoms with E-state index in [1.165, 1.54) is 6.07 Å². The van der Waals surface area contributed by atoms with Gasteiger partial charge in [-0.3, -0.25) is 19.7 Å². The van der Waals surface area contributed by atoms with Crippen molar-refractivity contribution >= 4 is 28.9 Å². The van der Waals surface area contributed by atoms with Gasteiger partial charge in [-0.15, -0.1) is 0 Å². The van der Waals surface area contributed by atoms with Crippen molar-refractivity contribution in [2.45, 2.75) is 6.42 Å². The molecule has 1 aliphatic rings. The number of carbonyl (C=O) groups is 2. The van der Waals surface area contributed by atoms with E-state index < -0.39 is 10.8 Å². The summed E-state index contributed by atoms with van der Waals surface area (Å²) in [7, 11) is 1.57. The Bertz CT molecular complexity index is 900. The zero-order chi connectivity index (χ0) is 20.8. The molecule has 2 N–H and O–H groups in total. The smallest absolute Gasteiger partial charge is 0.292 e. The summed E-state index contributed by atoms with van der Waals surface area (Å²) in [6, 6.07) is 13.4. The lowest BCUT2D eigenvalue weighted by Gasteiger charge is -2.17. The number of carbonyl (C=O) groups excluding carboxylic acids is 2. The average Bonchev–Trinajstić information content (AvgIpc) is 3.13. The molecule has 0 aliphatic carbocycles. The van der Waals surface area contributed by atoms with Crippen LogP contribution in [0.1, 0.15) is 6.42 Å². The van der Waals surface area contributed by atoms with Gasteiger partial charge in [0, 0.05) is 37.8 Å². The van der Waals surface area contributed by atoms with Gasteiger partial charge in [0.15, 0.2) is 0 Å². The zero-order valence-electron chi connectivity index (χ0n) is 16.0. The van der Waals surface area contributed by atoms with Crippen molar-refractivity contribution in [1.29, 1.82) is 0 Å². The van der Waals surface area contributed by atoms with Crippen molar-refractivity contribution in [1.82, 2.24) is 5.32 Å². The SMILES string of the molecule is COc1ccc(N2CC(C(=O)NCCNc3ccccc3[N+](=O)[O-])CC2=O)cc1. The number of anilines is 2. The Hall–Kier alpha value is -3.62. The predicted molar refractivity (Wildman–Crippen MR) is 108 cm³/mol. The predicted octanol–water partition coefficient (Wildman–Crippen LogP) is 2.18. The number of benzene rings is 2. The van der Waals surface area contributed by atoms with Crippen LogP contribution in [0.3, 0.4) is 0 Å². The Balaban J connectivity index is 1.49. The maximum absolute atomic E-state index is 12.4. The molecule has 2 amide bonds. The Morgan fingerprint density at radius 3 is 2.62 bits per heavy atom. The van der Waals surface area contributed by atoms with Gasteiger partial charge in [0.2, 0.25) is 11.8 Å². The van der Waals surface area contributed by atoms with Gasteiger partial charge in [-0.25, -0.2) is 0 Å². The van der Waals surface area contributed by atoms with Crippen LogP contribution in [0, 0.1) is 16.0 Å². The fourth-order valence-corrected chi connectivity index (χ4v) is 3.20. The fourth-order valence-electron chi connectivity index (χ4n) is 3.20. The lowest BCUT2D eigenvalue weighted by Crippen LogP contribution is -2.35. The molecule has 2 aromatic rings. The van der Waals surface area contributed by atoms with Crippen LogP contribution in [0.15, 0.2) is 48.5 Å². The van der Waals surface area contributed by atoms with E-state index in [2.05, 4.69) is 10.6 Å². The van der Waals surface area contributed by atoms with E-state index >= 15 is 0 Å². The number of methoxy groups -OCH3 is 1. The number of hydrogen-bond donors (Lipinski definition) is 2. The van der Waals surface area contributed by atoms with Crippen LogP contribution in [0.5, 0.6) is 5.75 Å². The second-order valence-corrected chi connectivity index (χ2v) is 6.60. The number of rotatable bonds is 8. The van der Waals surface area contributed by atoms with E-state index in [0.29, 0.717) is 24.5 Å². The first-order valence-corrected chi connectivity index (χ1v) is 9.19. The van der Waals surface area contributed by atoms with Crippen LogP contribution in [0.2, 0.25) is 0 Å². The van der Waals surface area contributed by atoms with E-state index in [0.717, 1.165) is 5.69 Å². The molecule has 9 nitrogen and oxygen atoms in total. The molecule has 0 aromatic heterocycles. The minimum atomic E-state index is -0.460. The Kier molecular flexibility index (Phi) is 6.28. The van der Waals surface area contributed by atoms with E-state index in [4.69, 9.17) is 4.74 Å². The molecule has 1 fully saturated rings. The first-order valence-electron chi connectivity index (χ1n) is 9.19. The molecular formula is C20H22N4O5. The third-order valence-electron chi connectivity index (χ3n) is 4.72. The molecule has 152 valence electrons. The first kappa shape index (κ1) is 20.1. The van der Waals surface area contributed by atoms with Crippen LogP contribution >= 0.6 is 0 Å². The fraction of sp³-hybridized carbons (Fsp3) is 0.300. The highest BCUT2D eigenvalue weighted by molar-refractivity contribution is 6.00. The molecule has 0 spiro atoms. The van der Waals surface area contributed by atoms with Gasteiger partial charge in [-0.1, -0.05) is 12.1 Å². The maximum Gasteiger partial charge on any atom is 0.292 e. The highest BCUT2D eigenvalue weighted by atomic mass is 16.6. The Morgan fingerprint density at radius 2 is 1.93 bits per heavy atom. The van der Waals surface area contributed by atoms with E-state index in [1.807, 2.05) is 0 Å². The molecular weight excluding hydrogens is 376 g/mol. The molecule has 29 heavy (non-hydrogen) atoms. The largest absolute Gasteiger partial charge is 0.497 e. The lowest BCUT2D eigenvalue weighted by molar-refractivity contribution is -0.384. The molecule has 1 aliphatic heterocycles. The minimum Gasteiger partial charge on any atom is -0.497 e. The van der Waals surface area contributed by atoms with Crippen molar-refractivity contribution in [2.24, 2.45) is 5.92 Å². The summed E-state index contributed by atoms with van der Waals surface area (Å²) < 4.78 is 5.11. The van der Waals surface area contributed by atoms with Crippen molar-refractivity contribution in [2.75, 3.05) is 37.0 Å². The molecule has 0 bridgehead atoms. The maximum atomic E-state index is 12.4. The second kappa shape index (κ2) is 9.05. The number of para-hydroxylation sites is 2. The third kappa shape index (κ3) is 4.81. The number of nitro groups is 1. The topological polar surface area (TPSA) is 114 Å². The molecule has 1 saturated heterocycles. The average molecular weight is 398 g/mol. The summed E-state index contributed by atoms with van der Waals surface area (Å²) in [5.74, 6) is -0.0522. The lowest BCUT2D eigenvalue weighted by atomic mass is 10.1. The molecule has 0 radical (unpaired) electrons. The van der Waals surface area contributed by atoms with Crippen molar-refractivity contribution < 1.29 is 19.2 Å². The standard InChI is InChI=1S/C20H22N4O5/c1-29-16-8-6-15(7-9-16)23-13-14(12-19(23)25)20(26)22-11-10-21-17-4-2-3-5-18(17)24(27)28/h2-9,14,21H,10-13H2,1H3,(H,22,26). The zero-order valence-corrected chi connectivity index (χ0v) is 16.0. The molecule has 0 saturated carbocycles. The van der Waals surface area contributed by atoms with Gasteiger partial charge in [-0.05, 0) is 30.3 Å². The molecule has 2 aromatic carbocycles. The number of hydrogen-bond acceptors (Lipinski definition) is 6. The quantitative estimate of drug-likeness (QED) is 0.400. The number of amides is 2. The molecule has 1 unspecified atom stereocenters. The van der Waals surface area contributed by atoms with Crippen LogP contribution in [0.4, 0.5) is 17.1 Å². The van der Waals surface area contributed by atoms with Crippen LogP contribution in [-0.2, 0) is 9.59 Å². The second-order valence-electron chi connectivity index (χ2n) is 6.60. The van der Waals surface area contributed by atoms with E-state index in [1.54, 1.807) is 54.5 Å². The molecule has 9 heteroatoms. The summed E-state index contributed by atoms with van der Waals surface area (Å²) in [5, 5.41) is 16.7. The van der Waals surface area contributed by atoms with Crippen molar-refractivity contribution in [3.05, 3.63) is 58.6 Å². The van der Waals surface area contributed by atoms with Crippen molar-refractivity contribution in [3.63, 3.8) is 0 Å². The molecule has 1 heterocycles. The van der Waals surface area contributed by atoms with Crippen LogP contribution in [-0.4, -0.2) is 43.5 Å². The van der Waals surface area contributed by atoms with Crippen LogP contribution in [0.25, 0.3) is 0 Å². The molecule has 3 rings (SSSR count). The van der Waals surface area contributed by atoms with Gasteiger partial charge >= 0.3 is 0 Å². The summed E-state index contributed by atoms with van der Waals surface area (Å²) in [4.78, 5) is 36.8. The molecule has 1 atom stereocenters. The summed E-state index contributed by atoms with van der Waals surface area (Å²) in [6.45, 7) is 0.937. The summed E-state index contributed by atoms with van der Waals surface area (Å²) in [6.07, 6.45) is 0.148. The van der Waals surface area contributed by atoms with Gasteiger partial charge in [0.05, 0.1) is 18.0 Å². The highest BCUT2D eigenvalue weighted by Gasteiger charge is 2.34. The highest BCUT2D eigenvalue weighted by Crippen LogP contribution is 2.27. The number of nitro benzene ring substituents is 1. The van der Waals surface area contributed by atoms with Crippen LogP contribution < -0.4 is 20.3 Å². The van der Waals surface area contributed by atoms with Crippen molar-refractivity contribution in [3.8, 4) is 5.75 Å².